The average Bonchev–Trinajstić information content (AvgIpc) is 3.07. The molecule has 0 aliphatic rings. The highest BCUT2D eigenvalue weighted by atomic mass is 13.9. The van der Waals surface area contributed by atoms with Gasteiger partial charge in [0, 0.05) is 0 Å². The van der Waals surface area contributed by atoms with Crippen LogP contribution in [0, 0.1) is 27.7 Å². The van der Waals surface area contributed by atoms with E-state index in [1.807, 2.05) is 48.6 Å². The third-order valence-corrected chi connectivity index (χ3v) is 6.65. The monoisotopic (exact) mass is 580 g/mol. The highest BCUT2D eigenvalue weighted by Gasteiger charge is 1.86. The van der Waals surface area contributed by atoms with Gasteiger partial charge in [-0.05, 0) is 68.4 Å². The number of hydrogen-bond donors (Lipinski definition) is 0. The molecule has 0 atom stereocenters. The summed E-state index contributed by atoms with van der Waals surface area (Å²) in [6, 6.07) is 43.9. The second kappa shape index (κ2) is 22.9. The first kappa shape index (κ1) is 37.3. The molecule has 5 aromatic rings. The van der Waals surface area contributed by atoms with Crippen LogP contribution in [0.1, 0.15) is 63.9 Å². The summed E-state index contributed by atoms with van der Waals surface area (Å²) in [5.74, 6) is 0. The van der Waals surface area contributed by atoms with Crippen LogP contribution in [0.4, 0.5) is 0 Å². The quantitative estimate of drug-likeness (QED) is 0.194. The zero-order valence-electron chi connectivity index (χ0n) is 27.9. The summed E-state index contributed by atoms with van der Waals surface area (Å²) in [6.45, 7) is 23.7. The minimum absolute atomic E-state index is 1.14. The topological polar surface area (TPSA) is 0 Å². The van der Waals surface area contributed by atoms with Gasteiger partial charge in [-0.1, -0.05) is 201 Å². The average molecular weight is 581 g/mol. The molecule has 0 N–H and O–H groups in total. The largest absolute Gasteiger partial charge is 0.0985 e. The Kier molecular flexibility index (Phi) is 19.4. The van der Waals surface area contributed by atoms with E-state index in [2.05, 4.69) is 158 Å². The summed E-state index contributed by atoms with van der Waals surface area (Å²) >= 11 is 0. The van der Waals surface area contributed by atoms with Crippen molar-refractivity contribution in [1.29, 1.82) is 0 Å². The third kappa shape index (κ3) is 17.3. The molecule has 0 nitrogen and oxygen atoms in total. The SMILES string of the molecule is C=Cc1ccc(C)cc1.C=Cc1cccc(C)c1.C=Cc1cccc(C)c1.CCc1ccc(C)cc1.CCc1ccccc1. The highest BCUT2D eigenvalue weighted by Crippen LogP contribution is 2.05. The normalized spacial score (nSPS) is 9.14. The Morgan fingerprint density at radius 3 is 1.09 bits per heavy atom. The molecule has 0 bridgehead atoms. The molecule has 5 aromatic carbocycles. The molecule has 0 aliphatic heterocycles. The maximum Gasteiger partial charge on any atom is -0.0260 e. The smallest absolute Gasteiger partial charge is 0.0260 e. The number of benzene rings is 5. The van der Waals surface area contributed by atoms with Crippen molar-refractivity contribution in [1.82, 2.24) is 0 Å². The van der Waals surface area contributed by atoms with Gasteiger partial charge in [-0.2, -0.15) is 0 Å². The second-order valence-corrected chi connectivity index (χ2v) is 10.5. The van der Waals surface area contributed by atoms with Gasteiger partial charge in [0.1, 0.15) is 0 Å². The molecule has 0 saturated heterocycles. The molecule has 0 heteroatoms. The molecule has 0 spiro atoms. The maximum atomic E-state index is 3.67. The first-order valence-electron chi connectivity index (χ1n) is 15.4. The van der Waals surface area contributed by atoms with E-state index in [0.717, 1.165) is 12.8 Å². The fourth-order valence-corrected chi connectivity index (χ4v) is 3.83. The molecular weight excluding hydrogens is 528 g/mol. The molecule has 0 amide bonds. The molecule has 44 heavy (non-hydrogen) atoms. The van der Waals surface area contributed by atoms with Crippen LogP contribution in [-0.2, 0) is 12.8 Å². The Labute approximate surface area is 269 Å². The van der Waals surface area contributed by atoms with E-state index in [4.69, 9.17) is 0 Å². The fraction of sp³-hybridized carbons (Fsp3) is 0.182. The van der Waals surface area contributed by atoms with Gasteiger partial charge >= 0.3 is 0 Å². The Morgan fingerprint density at radius 1 is 0.386 bits per heavy atom. The summed E-state index contributed by atoms with van der Waals surface area (Å²) < 4.78 is 0. The Balaban J connectivity index is 0.000000275. The predicted octanol–water partition coefficient (Wildman–Crippen LogP) is 12.7. The van der Waals surface area contributed by atoms with Crippen LogP contribution in [0.2, 0.25) is 0 Å². The van der Waals surface area contributed by atoms with Crippen molar-refractivity contribution in [2.75, 3.05) is 0 Å². The predicted molar refractivity (Wildman–Crippen MR) is 200 cm³/mol. The molecule has 0 aliphatic carbocycles. The number of hydrogen-bond acceptors (Lipinski definition) is 0. The van der Waals surface area contributed by atoms with E-state index < -0.39 is 0 Å². The van der Waals surface area contributed by atoms with E-state index in [1.165, 1.54) is 50.1 Å². The van der Waals surface area contributed by atoms with Gasteiger partial charge in [-0.3, -0.25) is 0 Å². The lowest BCUT2D eigenvalue weighted by Gasteiger charge is -1.94. The van der Waals surface area contributed by atoms with Crippen LogP contribution < -0.4 is 0 Å². The van der Waals surface area contributed by atoms with Crippen LogP contribution in [0.25, 0.3) is 18.2 Å². The molecule has 0 saturated carbocycles. The zero-order valence-corrected chi connectivity index (χ0v) is 27.9. The first-order valence-corrected chi connectivity index (χ1v) is 15.4. The zero-order chi connectivity index (χ0) is 32.6. The third-order valence-electron chi connectivity index (χ3n) is 6.65. The highest BCUT2D eigenvalue weighted by molar-refractivity contribution is 5.48. The molecule has 0 aromatic heterocycles. The Hall–Kier alpha value is -4.68. The van der Waals surface area contributed by atoms with Gasteiger partial charge in [0.05, 0.1) is 0 Å². The van der Waals surface area contributed by atoms with Gasteiger partial charge in [0.25, 0.3) is 0 Å². The van der Waals surface area contributed by atoms with Crippen molar-refractivity contribution < 1.29 is 0 Å². The molecule has 0 unspecified atom stereocenters. The van der Waals surface area contributed by atoms with Crippen molar-refractivity contribution >= 4 is 18.2 Å². The summed E-state index contributed by atoms with van der Waals surface area (Å²) in [5, 5.41) is 0. The van der Waals surface area contributed by atoms with E-state index in [-0.39, 0.29) is 0 Å². The Bertz CT molecular complexity index is 1420. The lowest BCUT2D eigenvalue weighted by atomic mass is 10.1. The van der Waals surface area contributed by atoms with Crippen molar-refractivity contribution in [2.24, 2.45) is 0 Å². The maximum absolute atomic E-state index is 3.67. The van der Waals surface area contributed by atoms with Crippen molar-refractivity contribution in [3.8, 4) is 0 Å². The summed E-state index contributed by atoms with van der Waals surface area (Å²) in [7, 11) is 0. The van der Waals surface area contributed by atoms with Crippen LogP contribution in [-0.4, -0.2) is 0 Å². The lowest BCUT2D eigenvalue weighted by molar-refractivity contribution is 1.14. The van der Waals surface area contributed by atoms with Crippen LogP contribution in [0.15, 0.2) is 147 Å². The summed E-state index contributed by atoms with van der Waals surface area (Å²) in [6.07, 6.45) is 7.83. The first-order chi connectivity index (χ1) is 21.2. The lowest BCUT2D eigenvalue weighted by Crippen LogP contribution is -1.77. The van der Waals surface area contributed by atoms with Crippen molar-refractivity contribution in [3.63, 3.8) is 0 Å². The van der Waals surface area contributed by atoms with Crippen molar-refractivity contribution in [2.45, 2.75) is 54.4 Å². The number of rotatable bonds is 5. The van der Waals surface area contributed by atoms with E-state index in [0.29, 0.717) is 0 Å². The van der Waals surface area contributed by atoms with Gasteiger partial charge < -0.3 is 0 Å². The molecule has 0 heterocycles. The minimum atomic E-state index is 1.14. The van der Waals surface area contributed by atoms with Crippen molar-refractivity contribution in [3.05, 3.63) is 197 Å². The molecule has 0 radical (unpaired) electrons. The van der Waals surface area contributed by atoms with Gasteiger partial charge in [-0.15, -0.1) is 0 Å². The minimum Gasteiger partial charge on any atom is -0.0985 e. The van der Waals surface area contributed by atoms with Crippen LogP contribution in [0.3, 0.4) is 0 Å². The Morgan fingerprint density at radius 2 is 0.773 bits per heavy atom. The molecule has 5 rings (SSSR count). The van der Waals surface area contributed by atoms with Crippen LogP contribution in [0.5, 0.6) is 0 Å². The van der Waals surface area contributed by atoms with E-state index in [9.17, 15) is 0 Å². The molecule has 0 fully saturated rings. The summed E-state index contributed by atoms with van der Waals surface area (Å²) in [4.78, 5) is 0. The second-order valence-electron chi connectivity index (χ2n) is 10.5. The molecule has 228 valence electrons. The summed E-state index contributed by atoms with van der Waals surface area (Å²) in [5.41, 5.74) is 11.6. The van der Waals surface area contributed by atoms with Gasteiger partial charge in [0.2, 0.25) is 0 Å². The van der Waals surface area contributed by atoms with Crippen LogP contribution >= 0.6 is 0 Å². The molecular formula is C44H52. The van der Waals surface area contributed by atoms with Gasteiger partial charge in [-0.25, -0.2) is 0 Å². The standard InChI is InChI=1S/C9H12.3C9H10.C8H10/c2*1-3-9-6-4-8(2)5-7-9;2*1-3-9-6-4-5-8(2)7-9;1-2-8-6-4-3-5-7-8/h4-7H,3H2,1-2H3;3*3-7H,1H2,2H3;3-7H,2H2,1H3. The number of aryl methyl sites for hydroxylation is 6. The van der Waals surface area contributed by atoms with E-state index >= 15 is 0 Å². The fourth-order valence-electron chi connectivity index (χ4n) is 3.83. The van der Waals surface area contributed by atoms with Gasteiger partial charge in [0.15, 0.2) is 0 Å². The van der Waals surface area contributed by atoms with E-state index in [1.54, 1.807) is 0 Å².